The summed E-state index contributed by atoms with van der Waals surface area (Å²) in [6.45, 7) is 2.24. The molecule has 3 fully saturated rings. The number of hydrogen-bond acceptors (Lipinski definition) is 2. The first-order valence-corrected chi connectivity index (χ1v) is 9.63. The fourth-order valence-corrected chi connectivity index (χ4v) is 6.06. The molecule has 0 heterocycles. The molecule has 4 aliphatic rings. The summed E-state index contributed by atoms with van der Waals surface area (Å²) in [7, 11) is 0. The zero-order valence-corrected chi connectivity index (χ0v) is 13.9. The number of carbonyl (C=O) groups is 1. The summed E-state index contributed by atoms with van der Waals surface area (Å²) in [4.78, 5) is 12.9. The van der Waals surface area contributed by atoms with Gasteiger partial charge in [-0.2, -0.15) is 0 Å². The highest BCUT2D eigenvalue weighted by atomic mass is 16.6. The first kappa shape index (κ1) is 14.8. The second-order valence-corrected chi connectivity index (χ2v) is 8.27. The van der Waals surface area contributed by atoms with E-state index < -0.39 is 0 Å². The lowest BCUT2D eigenvalue weighted by Gasteiger charge is -2.49. The van der Waals surface area contributed by atoms with Crippen LogP contribution in [-0.4, -0.2) is 11.6 Å². The van der Waals surface area contributed by atoms with E-state index in [4.69, 9.17) is 4.74 Å². The SMILES string of the molecule is CCC1(OC(=O)C2CC3C=CC2C3)CCCC2CCCCC21. The van der Waals surface area contributed by atoms with E-state index in [0.717, 1.165) is 25.2 Å². The van der Waals surface area contributed by atoms with Gasteiger partial charge in [0.2, 0.25) is 0 Å². The molecule has 6 unspecified atom stereocenters. The summed E-state index contributed by atoms with van der Waals surface area (Å²) in [5.74, 6) is 2.85. The monoisotopic (exact) mass is 302 g/mol. The molecule has 0 aromatic rings. The molecule has 0 aromatic carbocycles. The van der Waals surface area contributed by atoms with Crippen LogP contribution < -0.4 is 0 Å². The van der Waals surface area contributed by atoms with Gasteiger partial charge in [-0.05, 0) is 62.7 Å². The molecule has 0 aromatic heterocycles. The largest absolute Gasteiger partial charge is 0.459 e. The molecule has 4 aliphatic carbocycles. The van der Waals surface area contributed by atoms with Crippen molar-refractivity contribution < 1.29 is 9.53 Å². The normalized spacial score (nSPS) is 46.5. The number of esters is 1. The quantitative estimate of drug-likeness (QED) is 0.548. The first-order chi connectivity index (χ1) is 10.7. The molecule has 0 radical (unpaired) electrons. The van der Waals surface area contributed by atoms with Crippen molar-refractivity contribution >= 4 is 5.97 Å². The Morgan fingerprint density at radius 3 is 2.68 bits per heavy atom. The molecule has 4 rings (SSSR count). The summed E-state index contributed by atoms with van der Waals surface area (Å²) >= 11 is 0. The third-order valence-corrected chi connectivity index (χ3v) is 7.24. The average Bonchev–Trinajstić information content (AvgIpc) is 3.18. The highest BCUT2D eigenvalue weighted by molar-refractivity contribution is 5.74. The number of carbonyl (C=O) groups excluding carboxylic acids is 1. The van der Waals surface area contributed by atoms with Crippen molar-refractivity contribution in [1.29, 1.82) is 0 Å². The summed E-state index contributed by atoms with van der Waals surface area (Å²) < 4.78 is 6.36. The van der Waals surface area contributed by atoms with Crippen LogP contribution in [0.1, 0.15) is 71.1 Å². The average molecular weight is 302 g/mol. The van der Waals surface area contributed by atoms with E-state index >= 15 is 0 Å². The van der Waals surface area contributed by atoms with E-state index in [9.17, 15) is 4.79 Å². The molecular weight excluding hydrogens is 272 g/mol. The highest BCUT2D eigenvalue weighted by Crippen LogP contribution is 2.51. The molecule has 0 spiro atoms. The van der Waals surface area contributed by atoms with Crippen molar-refractivity contribution in [2.24, 2.45) is 29.6 Å². The lowest BCUT2D eigenvalue weighted by atomic mass is 9.62. The van der Waals surface area contributed by atoms with Crippen molar-refractivity contribution in [3.63, 3.8) is 0 Å². The van der Waals surface area contributed by atoms with E-state index in [2.05, 4.69) is 19.1 Å². The molecular formula is C20H30O2. The maximum Gasteiger partial charge on any atom is 0.310 e. The van der Waals surface area contributed by atoms with Gasteiger partial charge in [0.15, 0.2) is 0 Å². The molecule has 0 aliphatic heterocycles. The van der Waals surface area contributed by atoms with Crippen LogP contribution in [0.2, 0.25) is 0 Å². The second kappa shape index (κ2) is 5.69. The van der Waals surface area contributed by atoms with Crippen molar-refractivity contribution in [2.45, 2.75) is 76.7 Å². The topological polar surface area (TPSA) is 26.3 Å². The van der Waals surface area contributed by atoms with Gasteiger partial charge in [0.25, 0.3) is 0 Å². The van der Waals surface area contributed by atoms with Crippen LogP contribution in [0.15, 0.2) is 12.2 Å². The standard InChI is InChI=1S/C20H30O2/c1-2-20(11-5-7-15-6-3-4-8-18(15)20)22-19(21)17-13-14-9-10-16(17)12-14/h9-10,14-18H,2-8,11-13H2,1H3. The van der Waals surface area contributed by atoms with Crippen molar-refractivity contribution in [1.82, 2.24) is 0 Å². The predicted molar refractivity (Wildman–Crippen MR) is 87.3 cm³/mol. The molecule has 2 heteroatoms. The maximum atomic E-state index is 12.9. The van der Waals surface area contributed by atoms with Crippen LogP contribution in [0.3, 0.4) is 0 Å². The summed E-state index contributed by atoms with van der Waals surface area (Å²) in [6, 6.07) is 0. The Bertz CT molecular complexity index is 466. The van der Waals surface area contributed by atoms with Gasteiger partial charge in [-0.3, -0.25) is 4.79 Å². The number of ether oxygens (including phenoxy) is 1. The van der Waals surface area contributed by atoms with Gasteiger partial charge >= 0.3 is 5.97 Å². The lowest BCUT2D eigenvalue weighted by Crippen LogP contribution is -2.50. The molecule has 2 nitrogen and oxygen atoms in total. The summed E-state index contributed by atoms with van der Waals surface area (Å²) in [5.41, 5.74) is -0.133. The van der Waals surface area contributed by atoms with Crippen LogP contribution in [-0.2, 0) is 9.53 Å². The maximum absolute atomic E-state index is 12.9. The molecule has 6 atom stereocenters. The van der Waals surface area contributed by atoms with Crippen molar-refractivity contribution in [2.75, 3.05) is 0 Å². The van der Waals surface area contributed by atoms with Crippen LogP contribution in [0.25, 0.3) is 0 Å². The molecule has 0 amide bonds. The Morgan fingerprint density at radius 2 is 1.95 bits per heavy atom. The Kier molecular flexibility index (Phi) is 3.82. The minimum absolute atomic E-state index is 0.130. The van der Waals surface area contributed by atoms with Gasteiger partial charge < -0.3 is 4.74 Å². The highest BCUT2D eigenvalue weighted by Gasteiger charge is 2.50. The fourth-order valence-electron chi connectivity index (χ4n) is 6.06. The van der Waals surface area contributed by atoms with E-state index in [-0.39, 0.29) is 17.5 Å². The Labute approximate surface area is 134 Å². The molecule has 3 saturated carbocycles. The van der Waals surface area contributed by atoms with Gasteiger partial charge in [0, 0.05) is 5.92 Å². The zero-order valence-electron chi connectivity index (χ0n) is 13.9. The van der Waals surface area contributed by atoms with Gasteiger partial charge in [0.1, 0.15) is 5.60 Å². The lowest BCUT2D eigenvalue weighted by molar-refractivity contribution is -0.184. The third-order valence-electron chi connectivity index (χ3n) is 7.24. The Hall–Kier alpha value is -0.790. The van der Waals surface area contributed by atoms with Gasteiger partial charge in [-0.1, -0.05) is 38.3 Å². The van der Waals surface area contributed by atoms with Crippen LogP contribution in [0.5, 0.6) is 0 Å². The van der Waals surface area contributed by atoms with Gasteiger partial charge in [-0.25, -0.2) is 0 Å². The van der Waals surface area contributed by atoms with Crippen LogP contribution >= 0.6 is 0 Å². The minimum atomic E-state index is -0.133. The van der Waals surface area contributed by atoms with Crippen LogP contribution in [0, 0.1) is 29.6 Å². The van der Waals surface area contributed by atoms with E-state index in [1.807, 2.05) is 0 Å². The third kappa shape index (κ3) is 2.34. The number of fused-ring (bicyclic) bond motifs is 3. The van der Waals surface area contributed by atoms with Gasteiger partial charge in [0.05, 0.1) is 5.92 Å². The summed E-state index contributed by atoms with van der Waals surface area (Å²) in [5, 5.41) is 0. The number of rotatable bonds is 3. The Morgan fingerprint density at radius 1 is 1.14 bits per heavy atom. The van der Waals surface area contributed by atoms with E-state index in [1.165, 1.54) is 44.9 Å². The smallest absolute Gasteiger partial charge is 0.310 e. The fraction of sp³-hybridized carbons (Fsp3) is 0.850. The zero-order chi connectivity index (χ0) is 15.2. The molecule has 2 bridgehead atoms. The van der Waals surface area contributed by atoms with E-state index in [1.54, 1.807) is 0 Å². The minimum Gasteiger partial charge on any atom is -0.459 e. The second-order valence-electron chi connectivity index (χ2n) is 8.27. The molecule has 122 valence electrons. The molecule has 0 N–H and O–H groups in total. The van der Waals surface area contributed by atoms with Crippen molar-refractivity contribution in [3.05, 3.63) is 12.2 Å². The van der Waals surface area contributed by atoms with Crippen molar-refractivity contribution in [3.8, 4) is 0 Å². The molecule has 0 saturated heterocycles. The van der Waals surface area contributed by atoms with Crippen LogP contribution in [0.4, 0.5) is 0 Å². The number of allylic oxidation sites excluding steroid dienone is 2. The summed E-state index contributed by atoms with van der Waals surface area (Å²) in [6.07, 6.45) is 16.9. The van der Waals surface area contributed by atoms with E-state index in [0.29, 0.717) is 17.8 Å². The predicted octanol–water partition coefficient (Wildman–Crippen LogP) is 4.88. The Balaban J connectivity index is 1.50. The first-order valence-electron chi connectivity index (χ1n) is 9.63. The number of hydrogen-bond donors (Lipinski definition) is 0. The van der Waals surface area contributed by atoms with Gasteiger partial charge in [-0.15, -0.1) is 0 Å². The molecule has 22 heavy (non-hydrogen) atoms.